The van der Waals surface area contributed by atoms with Crippen LogP contribution in [0, 0.1) is 0 Å². The predicted molar refractivity (Wildman–Crippen MR) is 147 cm³/mol. The van der Waals surface area contributed by atoms with Crippen molar-refractivity contribution in [3.8, 4) is 17.2 Å². The van der Waals surface area contributed by atoms with Gasteiger partial charge in [-0.25, -0.2) is 4.79 Å². The van der Waals surface area contributed by atoms with Gasteiger partial charge in [0.2, 0.25) is 0 Å². The van der Waals surface area contributed by atoms with Gasteiger partial charge in [-0.05, 0) is 60.5 Å². The van der Waals surface area contributed by atoms with Crippen molar-refractivity contribution in [2.75, 3.05) is 13.7 Å². The van der Waals surface area contributed by atoms with Crippen LogP contribution in [0.5, 0.6) is 17.2 Å². The summed E-state index contributed by atoms with van der Waals surface area (Å²) in [5, 5.41) is 2.50. The molecule has 4 amide bonds. The number of nitrogens with zero attached hydrogens (tertiary/aromatic N) is 1. The molecule has 3 aromatic carbocycles. The van der Waals surface area contributed by atoms with Crippen LogP contribution in [0.2, 0.25) is 5.02 Å². The van der Waals surface area contributed by atoms with Crippen molar-refractivity contribution < 1.29 is 36.5 Å². The molecule has 1 N–H and O–H groups in total. The molecule has 0 aliphatic carbocycles. The van der Waals surface area contributed by atoms with E-state index >= 15 is 0 Å². The lowest BCUT2D eigenvalue weighted by Crippen LogP contribution is -2.53. The zero-order chi connectivity index (χ0) is 28.9. The molecule has 0 unspecified atom stereocenters. The third-order valence-corrected chi connectivity index (χ3v) is 7.24. The smallest absolute Gasteiger partial charge is 0.339 e. The van der Waals surface area contributed by atoms with E-state index in [1.165, 1.54) is 55.7 Å². The summed E-state index contributed by atoms with van der Waals surface area (Å²) in [5.74, 6) is -0.975. The number of barbiturate groups is 1. The molecule has 1 saturated heterocycles. The summed E-state index contributed by atoms with van der Waals surface area (Å²) in [6.45, 7) is 2.30. The van der Waals surface area contributed by atoms with Gasteiger partial charge >= 0.3 is 16.1 Å². The van der Waals surface area contributed by atoms with E-state index in [0.29, 0.717) is 28.7 Å². The zero-order valence-electron chi connectivity index (χ0n) is 21.5. The second kappa shape index (κ2) is 12.2. The number of hydrogen-bond donors (Lipinski definition) is 1. The number of methoxy groups -OCH3 is 1. The third-order valence-electron chi connectivity index (χ3n) is 5.74. The number of para-hydroxylation sites is 1. The Kier molecular flexibility index (Phi) is 8.76. The fourth-order valence-electron chi connectivity index (χ4n) is 3.76. The third kappa shape index (κ3) is 6.44. The maximum absolute atomic E-state index is 13.3. The Hall–Kier alpha value is -4.35. The molecule has 208 valence electrons. The highest BCUT2D eigenvalue weighted by Gasteiger charge is 2.36. The van der Waals surface area contributed by atoms with Crippen molar-refractivity contribution in [2.45, 2.75) is 24.8 Å². The lowest BCUT2D eigenvalue weighted by atomic mass is 10.1. The molecule has 1 heterocycles. The molecule has 12 heteroatoms. The van der Waals surface area contributed by atoms with Crippen LogP contribution < -0.4 is 19.0 Å². The van der Waals surface area contributed by atoms with Gasteiger partial charge in [0.05, 0.1) is 20.3 Å². The molecule has 3 aromatic rings. The molecule has 40 heavy (non-hydrogen) atoms. The van der Waals surface area contributed by atoms with Crippen molar-refractivity contribution in [3.05, 3.63) is 88.5 Å². The highest BCUT2D eigenvalue weighted by Crippen LogP contribution is 2.30. The highest BCUT2D eigenvalue weighted by molar-refractivity contribution is 7.87. The Morgan fingerprint density at radius 2 is 1.68 bits per heavy atom. The Labute approximate surface area is 236 Å². The van der Waals surface area contributed by atoms with Crippen LogP contribution in [0.15, 0.2) is 77.2 Å². The fourth-order valence-corrected chi connectivity index (χ4v) is 4.84. The summed E-state index contributed by atoms with van der Waals surface area (Å²) in [5.41, 5.74) is 0.303. The number of urea groups is 1. The molecule has 0 bridgehead atoms. The van der Waals surface area contributed by atoms with E-state index < -0.39 is 28.0 Å². The van der Waals surface area contributed by atoms with E-state index in [-0.39, 0.29) is 28.3 Å². The number of rotatable bonds is 10. The van der Waals surface area contributed by atoms with Gasteiger partial charge < -0.3 is 13.7 Å². The Morgan fingerprint density at radius 1 is 0.950 bits per heavy atom. The van der Waals surface area contributed by atoms with Crippen molar-refractivity contribution in [2.24, 2.45) is 0 Å². The molecule has 1 aliphatic rings. The van der Waals surface area contributed by atoms with Crippen molar-refractivity contribution in [1.82, 2.24) is 10.2 Å². The van der Waals surface area contributed by atoms with Gasteiger partial charge in [-0.2, -0.15) is 8.42 Å². The minimum Gasteiger partial charge on any atom is -0.493 e. The van der Waals surface area contributed by atoms with E-state index in [1.807, 2.05) is 6.92 Å². The number of halogens is 1. The summed E-state index contributed by atoms with van der Waals surface area (Å²) < 4.78 is 42.0. The SMILES string of the molecule is CCCOc1ccc(CN2C(=O)NC(=O)/C(=C\c3ccccc3OS(=O)(=O)c3ccc(Cl)cc3)C2=O)cc1OC. The fraction of sp³-hybridized carbons (Fsp3) is 0.179. The maximum atomic E-state index is 13.3. The minimum absolute atomic E-state index is 0.124. The quantitative estimate of drug-likeness (QED) is 0.208. The van der Waals surface area contributed by atoms with Crippen LogP contribution in [-0.2, 0) is 26.3 Å². The summed E-state index contributed by atoms with van der Waals surface area (Å²) in [7, 11) is -2.78. The number of benzene rings is 3. The van der Waals surface area contributed by atoms with Gasteiger partial charge in [-0.3, -0.25) is 19.8 Å². The first-order valence-electron chi connectivity index (χ1n) is 12.1. The molecule has 0 spiro atoms. The molecule has 0 aromatic heterocycles. The van der Waals surface area contributed by atoms with Crippen LogP contribution in [0.1, 0.15) is 24.5 Å². The average molecular weight is 585 g/mol. The summed E-state index contributed by atoms with van der Waals surface area (Å²) in [6.07, 6.45) is 1.98. The lowest BCUT2D eigenvalue weighted by Gasteiger charge is -2.26. The summed E-state index contributed by atoms with van der Waals surface area (Å²) >= 11 is 5.84. The lowest BCUT2D eigenvalue weighted by molar-refractivity contribution is -0.130. The van der Waals surface area contributed by atoms with Crippen molar-refractivity contribution >= 4 is 45.6 Å². The Bertz CT molecular complexity index is 1590. The first-order valence-corrected chi connectivity index (χ1v) is 13.9. The van der Waals surface area contributed by atoms with Crippen molar-refractivity contribution in [3.63, 3.8) is 0 Å². The Balaban J connectivity index is 1.61. The second-order valence-corrected chi connectivity index (χ2v) is 10.6. The van der Waals surface area contributed by atoms with E-state index in [0.717, 1.165) is 11.3 Å². The van der Waals surface area contributed by atoms with E-state index in [4.69, 9.17) is 25.3 Å². The molecule has 10 nitrogen and oxygen atoms in total. The maximum Gasteiger partial charge on any atom is 0.339 e. The van der Waals surface area contributed by atoms with Gasteiger partial charge in [0.1, 0.15) is 16.2 Å². The van der Waals surface area contributed by atoms with Crippen LogP contribution in [-0.4, -0.2) is 44.9 Å². The topological polar surface area (TPSA) is 128 Å². The number of carbonyl (C=O) groups is 3. The molecule has 0 saturated carbocycles. The largest absolute Gasteiger partial charge is 0.493 e. The van der Waals surface area contributed by atoms with Crippen LogP contribution in [0.3, 0.4) is 0 Å². The summed E-state index contributed by atoms with van der Waals surface area (Å²) in [4.78, 5) is 39.3. The number of hydrogen-bond acceptors (Lipinski definition) is 8. The molecule has 1 fully saturated rings. The first-order chi connectivity index (χ1) is 19.1. The molecule has 1 aliphatic heterocycles. The van der Waals surface area contributed by atoms with Crippen LogP contribution in [0.4, 0.5) is 4.79 Å². The number of ether oxygens (including phenoxy) is 2. The minimum atomic E-state index is -4.26. The number of imide groups is 2. The number of nitrogens with one attached hydrogen (secondary N) is 1. The molecule has 4 rings (SSSR count). The molecule has 0 atom stereocenters. The second-order valence-electron chi connectivity index (χ2n) is 8.57. The van der Waals surface area contributed by atoms with E-state index in [9.17, 15) is 22.8 Å². The van der Waals surface area contributed by atoms with Crippen molar-refractivity contribution in [1.29, 1.82) is 0 Å². The monoisotopic (exact) mass is 584 g/mol. The average Bonchev–Trinajstić information content (AvgIpc) is 2.93. The highest BCUT2D eigenvalue weighted by atomic mass is 35.5. The predicted octanol–water partition coefficient (Wildman–Crippen LogP) is 4.57. The van der Waals surface area contributed by atoms with Crippen LogP contribution >= 0.6 is 11.6 Å². The molecular formula is C28H25ClN2O8S. The standard InChI is InChI=1S/C28H25ClN2O8S/c1-3-14-38-24-13-8-18(15-25(24)37-2)17-31-27(33)22(26(32)30-28(31)34)16-19-6-4-5-7-23(19)39-40(35,36)21-11-9-20(29)10-12-21/h4-13,15-16H,3,14,17H2,1-2H3,(H,30,32,34)/b22-16+. The first kappa shape index (κ1) is 28.7. The molecule has 0 radical (unpaired) electrons. The number of carbonyl (C=O) groups excluding carboxylic acids is 3. The zero-order valence-corrected chi connectivity index (χ0v) is 23.1. The van der Waals surface area contributed by atoms with Gasteiger partial charge in [-0.1, -0.05) is 42.8 Å². The Morgan fingerprint density at radius 3 is 2.38 bits per heavy atom. The van der Waals surface area contributed by atoms with Gasteiger partial charge in [0.25, 0.3) is 11.8 Å². The van der Waals surface area contributed by atoms with Gasteiger partial charge in [0.15, 0.2) is 11.5 Å². The van der Waals surface area contributed by atoms with E-state index in [2.05, 4.69) is 5.32 Å². The number of amides is 4. The van der Waals surface area contributed by atoms with Crippen LogP contribution in [0.25, 0.3) is 6.08 Å². The van der Waals surface area contributed by atoms with Gasteiger partial charge in [0, 0.05) is 10.6 Å². The normalized spacial score (nSPS) is 14.7. The van der Waals surface area contributed by atoms with E-state index in [1.54, 1.807) is 24.3 Å². The van der Waals surface area contributed by atoms with Gasteiger partial charge in [-0.15, -0.1) is 0 Å². The molecular weight excluding hydrogens is 560 g/mol. The summed E-state index contributed by atoms with van der Waals surface area (Å²) in [6, 6.07) is 15.5.